The lowest BCUT2D eigenvalue weighted by atomic mass is 10.3. The summed E-state index contributed by atoms with van der Waals surface area (Å²) in [7, 11) is 0. The van der Waals surface area contributed by atoms with Gasteiger partial charge >= 0.3 is 0 Å². The molecule has 1 amide bonds. The fourth-order valence-electron chi connectivity index (χ4n) is 0.831. The summed E-state index contributed by atoms with van der Waals surface area (Å²) >= 11 is 0. The van der Waals surface area contributed by atoms with Crippen LogP contribution in [0.2, 0.25) is 0 Å². The van der Waals surface area contributed by atoms with E-state index in [1.165, 1.54) is 18.3 Å². The van der Waals surface area contributed by atoms with Crippen molar-refractivity contribution in [2.24, 2.45) is 0 Å². The number of carbonyl (C=O) groups is 1. The van der Waals surface area contributed by atoms with Crippen molar-refractivity contribution in [2.45, 2.75) is 6.43 Å². The van der Waals surface area contributed by atoms with Gasteiger partial charge in [-0.3, -0.25) is 9.78 Å². The van der Waals surface area contributed by atoms with Gasteiger partial charge in [0, 0.05) is 11.9 Å². The average Bonchev–Trinajstić information content (AvgIpc) is 2.14. The van der Waals surface area contributed by atoms with E-state index in [9.17, 15) is 13.6 Å². The summed E-state index contributed by atoms with van der Waals surface area (Å²) < 4.78 is 23.5. The van der Waals surface area contributed by atoms with Gasteiger partial charge < -0.3 is 11.1 Å². The topological polar surface area (TPSA) is 68.0 Å². The third-order valence-electron chi connectivity index (χ3n) is 1.43. The van der Waals surface area contributed by atoms with Gasteiger partial charge in [-0.1, -0.05) is 0 Å². The van der Waals surface area contributed by atoms with Crippen molar-refractivity contribution < 1.29 is 13.6 Å². The maximum absolute atomic E-state index is 11.7. The van der Waals surface area contributed by atoms with Crippen LogP contribution < -0.4 is 11.1 Å². The van der Waals surface area contributed by atoms with Crippen molar-refractivity contribution in [3.63, 3.8) is 0 Å². The zero-order chi connectivity index (χ0) is 10.6. The number of hydrogen-bond donors (Lipinski definition) is 2. The third-order valence-corrected chi connectivity index (χ3v) is 1.43. The Morgan fingerprint density at radius 1 is 1.64 bits per heavy atom. The number of amides is 1. The summed E-state index contributed by atoms with van der Waals surface area (Å²) in [5.74, 6) is -0.655. The molecule has 1 heterocycles. The van der Waals surface area contributed by atoms with Crippen LogP contribution in [0.1, 0.15) is 10.5 Å². The second-order valence-electron chi connectivity index (χ2n) is 2.58. The highest BCUT2D eigenvalue weighted by molar-refractivity contribution is 5.92. The molecule has 14 heavy (non-hydrogen) atoms. The van der Waals surface area contributed by atoms with Gasteiger partial charge in [0.2, 0.25) is 0 Å². The number of rotatable bonds is 3. The fraction of sp³-hybridized carbons (Fsp3) is 0.250. The third kappa shape index (κ3) is 2.96. The second-order valence-corrected chi connectivity index (χ2v) is 2.58. The lowest BCUT2D eigenvalue weighted by Crippen LogP contribution is -2.29. The van der Waals surface area contributed by atoms with Crippen molar-refractivity contribution in [2.75, 3.05) is 12.3 Å². The first kappa shape index (κ1) is 10.4. The maximum Gasteiger partial charge on any atom is 0.270 e. The van der Waals surface area contributed by atoms with Crippen LogP contribution in [0.25, 0.3) is 0 Å². The molecule has 0 radical (unpaired) electrons. The van der Waals surface area contributed by atoms with E-state index in [1.54, 1.807) is 0 Å². The van der Waals surface area contributed by atoms with Crippen LogP contribution in [-0.4, -0.2) is 23.9 Å². The highest BCUT2D eigenvalue weighted by atomic mass is 19.3. The predicted octanol–water partition coefficient (Wildman–Crippen LogP) is 0.659. The molecule has 0 bridgehead atoms. The molecule has 0 atom stereocenters. The van der Waals surface area contributed by atoms with E-state index in [-0.39, 0.29) is 5.69 Å². The van der Waals surface area contributed by atoms with Gasteiger partial charge in [0.1, 0.15) is 5.69 Å². The summed E-state index contributed by atoms with van der Waals surface area (Å²) in [5, 5.41) is 2.02. The molecule has 1 rings (SSSR count). The number of hydrogen-bond acceptors (Lipinski definition) is 3. The highest BCUT2D eigenvalue weighted by Crippen LogP contribution is 2.02. The monoisotopic (exact) mass is 201 g/mol. The molecule has 76 valence electrons. The van der Waals surface area contributed by atoms with Crippen LogP contribution in [-0.2, 0) is 0 Å². The first-order valence-electron chi connectivity index (χ1n) is 3.87. The summed E-state index contributed by atoms with van der Waals surface area (Å²) in [6.07, 6.45) is -1.23. The van der Waals surface area contributed by atoms with Gasteiger partial charge in [0.05, 0.1) is 6.54 Å². The quantitative estimate of drug-likeness (QED) is 0.754. The standard InChI is InChI=1S/C8H9F2N3O/c9-7(10)4-13-8(14)6-3-5(11)1-2-12-6/h1-3,7H,4H2,(H2,11,12)(H,13,14). The molecule has 0 aromatic carbocycles. The van der Waals surface area contributed by atoms with Crippen LogP contribution in [0.15, 0.2) is 18.3 Å². The second kappa shape index (κ2) is 4.50. The van der Waals surface area contributed by atoms with E-state index in [2.05, 4.69) is 4.98 Å². The smallest absolute Gasteiger partial charge is 0.270 e. The molecule has 0 aliphatic heterocycles. The molecule has 0 saturated carbocycles. The minimum Gasteiger partial charge on any atom is -0.399 e. The number of nitrogen functional groups attached to an aromatic ring is 1. The lowest BCUT2D eigenvalue weighted by Gasteiger charge is -2.03. The van der Waals surface area contributed by atoms with E-state index in [1.807, 2.05) is 5.32 Å². The Morgan fingerprint density at radius 3 is 2.93 bits per heavy atom. The zero-order valence-electron chi connectivity index (χ0n) is 7.21. The number of halogens is 2. The first-order chi connectivity index (χ1) is 6.59. The number of pyridine rings is 1. The Hall–Kier alpha value is -1.72. The molecule has 0 fully saturated rings. The van der Waals surface area contributed by atoms with Gasteiger partial charge in [-0.05, 0) is 12.1 Å². The van der Waals surface area contributed by atoms with Gasteiger partial charge in [-0.25, -0.2) is 8.78 Å². The number of nitrogens with zero attached hydrogens (tertiary/aromatic N) is 1. The number of aromatic nitrogens is 1. The van der Waals surface area contributed by atoms with E-state index >= 15 is 0 Å². The molecular formula is C8H9F2N3O. The number of nitrogens with one attached hydrogen (secondary N) is 1. The van der Waals surface area contributed by atoms with Crippen molar-refractivity contribution in [3.05, 3.63) is 24.0 Å². The highest BCUT2D eigenvalue weighted by Gasteiger charge is 2.09. The molecule has 6 heteroatoms. The number of nitrogens with two attached hydrogens (primary N) is 1. The molecule has 0 aliphatic rings. The zero-order valence-corrected chi connectivity index (χ0v) is 7.21. The van der Waals surface area contributed by atoms with E-state index in [0.29, 0.717) is 5.69 Å². The fourth-order valence-corrected chi connectivity index (χ4v) is 0.831. The van der Waals surface area contributed by atoms with E-state index in [0.717, 1.165) is 0 Å². The minimum atomic E-state index is -2.57. The Balaban J connectivity index is 2.61. The largest absolute Gasteiger partial charge is 0.399 e. The van der Waals surface area contributed by atoms with Gasteiger partial charge in [0.25, 0.3) is 12.3 Å². The summed E-state index contributed by atoms with van der Waals surface area (Å²) in [6.45, 7) is -0.685. The van der Waals surface area contributed by atoms with Crippen molar-refractivity contribution in [1.82, 2.24) is 10.3 Å². The number of carbonyl (C=O) groups excluding carboxylic acids is 1. The number of anilines is 1. The normalized spacial score (nSPS) is 10.2. The summed E-state index contributed by atoms with van der Waals surface area (Å²) in [4.78, 5) is 14.8. The van der Waals surface area contributed by atoms with Crippen molar-refractivity contribution in [1.29, 1.82) is 0 Å². The lowest BCUT2D eigenvalue weighted by molar-refractivity contribution is 0.0887. The van der Waals surface area contributed by atoms with E-state index < -0.39 is 18.9 Å². The molecule has 0 saturated heterocycles. The van der Waals surface area contributed by atoms with Crippen molar-refractivity contribution in [3.8, 4) is 0 Å². The molecule has 0 spiro atoms. The van der Waals surface area contributed by atoms with Gasteiger partial charge in [0.15, 0.2) is 0 Å². The van der Waals surface area contributed by atoms with E-state index in [4.69, 9.17) is 5.73 Å². The SMILES string of the molecule is Nc1ccnc(C(=O)NCC(F)F)c1. The summed E-state index contributed by atoms with van der Waals surface area (Å²) in [6, 6.07) is 2.82. The van der Waals surface area contributed by atoms with Crippen molar-refractivity contribution >= 4 is 11.6 Å². The summed E-state index contributed by atoms with van der Waals surface area (Å²) in [5.41, 5.74) is 5.78. The predicted molar refractivity (Wildman–Crippen MR) is 47.0 cm³/mol. The van der Waals surface area contributed by atoms with Crippen LogP contribution in [0.3, 0.4) is 0 Å². The Bertz CT molecular complexity index is 330. The van der Waals surface area contributed by atoms with Crippen LogP contribution in [0.4, 0.5) is 14.5 Å². The van der Waals surface area contributed by atoms with Crippen LogP contribution in [0.5, 0.6) is 0 Å². The minimum absolute atomic E-state index is 0.0330. The molecule has 4 nitrogen and oxygen atoms in total. The first-order valence-corrected chi connectivity index (χ1v) is 3.87. The Labute approximate surface area is 79.1 Å². The molecular weight excluding hydrogens is 192 g/mol. The molecule has 1 aromatic rings. The molecule has 1 aromatic heterocycles. The Kier molecular flexibility index (Phi) is 3.33. The van der Waals surface area contributed by atoms with Crippen LogP contribution in [0, 0.1) is 0 Å². The molecule has 0 aliphatic carbocycles. The maximum atomic E-state index is 11.7. The molecule has 0 unspecified atom stereocenters. The van der Waals surface area contributed by atoms with Crippen LogP contribution >= 0.6 is 0 Å². The Morgan fingerprint density at radius 2 is 2.36 bits per heavy atom. The van der Waals surface area contributed by atoms with Gasteiger partial charge in [-0.15, -0.1) is 0 Å². The average molecular weight is 201 g/mol. The number of alkyl halides is 2. The molecule has 3 N–H and O–H groups in total. The van der Waals surface area contributed by atoms with Gasteiger partial charge in [-0.2, -0.15) is 0 Å².